The summed E-state index contributed by atoms with van der Waals surface area (Å²) in [6, 6.07) is 22.8. The summed E-state index contributed by atoms with van der Waals surface area (Å²) in [5.41, 5.74) is 14.1. The molecule has 4 N–H and O–H groups in total. The van der Waals surface area contributed by atoms with Gasteiger partial charge in [-0.05, 0) is 42.8 Å². The molecule has 1 aromatic heterocycles. The lowest BCUT2D eigenvalue weighted by molar-refractivity contribution is 0.304. The molecule has 0 saturated carbocycles. The molecular formula is C37H53N5O. The average Bonchev–Trinajstić information content (AvgIpc) is 3.03. The second kappa shape index (κ2) is 21.1. The molecule has 0 aliphatic rings. The Morgan fingerprint density at radius 2 is 0.977 bits per heavy atom. The van der Waals surface area contributed by atoms with Crippen molar-refractivity contribution in [2.24, 2.45) is 21.5 Å². The molecule has 1 heterocycles. The van der Waals surface area contributed by atoms with E-state index in [1.807, 2.05) is 60.7 Å². The molecule has 0 fully saturated rings. The van der Waals surface area contributed by atoms with Gasteiger partial charge in [0.05, 0.1) is 6.61 Å². The average molecular weight is 584 g/mol. The van der Waals surface area contributed by atoms with Gasteiger partial charge in [0.1, 0.15) is 17.4 Å². The fraction of sp³-hybridized carbons (Fsp3) is 0.486. The van der Waals surface area contributed by atoms with E-state index in [-0.39, 0.29) is 0 Å². The maximum absolute atomic E-state index is 6.27. The fourth-order valence-corrected chi connectivity index (χ4v) is 5.08. The summed E-state index contributed by atoms with van der Waals surface area (Å²) >= 11 is 0. The van der Waals surface area contributed by atoms with Crippen LogP contribution in [0.15, 0.2) is 82.8 Å². The first kappa shape index (κ1) is 33.8. The van der Waals surface area contributed by atoms with Gasteiger partial charge < -0.3 is 16.2 Å². The Morgan fingerprint density at radius 1 is 0.535 bits per heavy atom. The van der Waals surface area contributed by atoms with Crippen molar-refractivity contribution in [1.29, 1.82) is 0 Å². The number of rotatable bonds is 22. The number of aromatic nitrogens is 1. The van der Waals surface area contributed by atoms with E-state index in [1.54, 1.807) is 12.1 Å². The number of nitrogens with two attached hydrogens (primary N) is 2. The highest BCUT2D eigenvalue weighted by Gasteiger charge is 2.04. The second-order valence-corrected chi connectivity index (χ2v) is 11.4. The summed E-state index contributed by atoms with van der Waals surface area (Å²) in [4.78, 5) is 13.4. The quantitative estimate of drug-likeness (QED) is 0.0698. The predicted molar refractivity (Wildman–Crippen MR) is 183 cm³/mol. The first-order chi connectivity index (χ1) is 21.2. The Hall–Kier alpha value is -3.67. The molecule has 0 aliphatic heterocycles. The van der Waals surface area contributed by atoms with Crippen molar-refractivity contribution in [2.75, 3.05) is 6.61 Å². The molecule has 0 saturated heterocycles. The molecule has 0 aliphatic carbocycles. The number of benzene rings is 2. The van der Waals surface area contributed by atoms with E-state index in [0.717, 1.165) is 29.9 Å². The molecule has 2 aromatic carbocycles. The van der Waals surface area contributed by atoms with Crippen LogP contribution < -0.4 is 16.2 Å². The van der Waals surface area contributed by atoms with E-state index in [4.69, 9.17) is 16.2 Å². The maximum Gasteiger partial charge on any atom is 0.156 e. The third-order valence-electron chi connectivity index (χ3n) is 7.68. The first-order valence-corrected chi connectivity index (χ1v) is 16.6. The SMILES string of the molecule is CCCCCCCCCCCCCCCCCCOc1ccc(/C(N)=N/c2cccc(N=C(N)c3ccccc3)n2)cc1. The number of pyridine rings is 1. The second-order valence-electron chi connectivity index (χ2n) is 11.4. The molecule has 0 amide bonds. The van der Waals surface area contributed by atoms with Gasteiger partial charge in [0.2, 0.25) is 0 Å². The Morgan fingerprint density at radius 3 is 1.47 bits per heavy atom. The molecule has 232 valence electrons. The zero-order valence-corrected chi connectivity index (χ0v) is 26.4. The molecule has 0 atom stereocenters. The summed E-state index contributed by atoms with van der Waals surface area (Å²) in [6.07, 6.45) is 21.9. The van der Waals surface area contributed by atoms with Gasteiger partial charge in [-0.15, -0.1) is 0 Å². The predicted octanol–water partition coefficient (Wildman–Crippen LogP) is 9.80. The van der Waals surface area contributed by atoms with E-state index < -0.39 is 0 Å². The van der Waals surface area contributed by atoms with Crippen LogP contribution in [0.3, 0.4) is 0 Å². The van der Waals surface area contributed by atoms with Gasteiger partial charge in [-0.25, -0.2) is 15.0 Å². The smallest absolute Gasteiger partial charge is 0.156 e. The monoisotopic (exact) mass is 583 g/mol. The summed E-state index contributed by atoms with van der Waals surface area (Å²) in [5, 5.41) is 0. The van der Waals surface area contributed by atoms with Crippen molar-refractivity contribution in [1.82, 2.24) is 4.98 Å². The molecule has 6 nitrogen and oxygen atoms in total. The minimum Gasteiger partial charge on any atom is -0.494 e. The number of hydrogen-bond acceptors (Lipinski definition) is 4. The minimum absolute atomic E-state index is 0.383. The van der Waals surface area contributed by atoms with E-state index in [2.05, 4.69) is 21.9 Å². The van der Waals surface area contributed by atoms with E-state index in [1.165, 1.54) is 96.3 Å². The molecule has 0 bridgehead atoms. The van der Waals surface area contributed by atoms with Gasteiger partial charge >= 0.3 is 0 Å². The van der Waals surface area contributed by atoms with Gasteiger partial charge in [0, 0.05) is 11.1 Å². The number of amidine groups is 2. The van der Waals surface area contributed by atoms with Gasteiger partial charge in [-0.3, -0.25) is 0 Å². The molecule has 3 rings (SSSR count). The zero-order valence-electron chi connectivity index (χ0n) is 26.4. The van der Waals surface area contributed by atoms with Gasteiger partial charge in [-0.2, -0.15) is 0 Å². The van der Waals surface area contributed by atoms with Crippen molar-refractivity contribution in [3.8, 4) is 5.75 Å². The topological polar surface area (TPSA) is 98.9 Å². The van der Waals surface area contributed by atoms with Crippen LogP contribution in [0.25, 0.3) is 0 Å². The molecule has 0 spiro atoms. The van der Waals surface area contributed by atoms with Crippen molar-refractivity contribution in [3.05, 3.63) is 83.9 Å². The van der Waals surface area contributed by atoms with Crippen LogP contribution in [0.5, 0.6) is 5.75 Å². The van der Waals surface area contributed by atoms with E-state index >= 15 is 0 Å². The lowest BCUT2D eigenvalue weighted by Gasteiger charge is -2.08. The zero-order chi connectivity index (χ0) is 30.4. The van der Waals surface area contributed by atoms with Crippen molar-refractivity contribution < 1.29 is 4.74 Å². The summed E-state index contributed by atoms with van der Waals surface area (Å²) in [7, 11) is 0. The van der Waals surface area contributed by atoms with Gasteiger partial charge in [0.15, 0.2) is 11.6 Å². The Kier molecular flexibility index (Phi) is 16.6. The van der Waals surface area contributed by atoms with Crippen LogP contribution in [0, 0.1) is 0 Å². The number of hydrogen-bond donors (Lipinski definition) is 2. The lowest BCUT2D eigenvalue weighted by Crippen LogP contribution is -2.13. The van der Waals surface area contributed by atoms with Crippen LogP contribution in [-0.2, 0) is 0 Å². The Balaban J connectivity index is 1.26. The standard InChI is InChI=1S/C37H53N5O/c1-2-3-4-5-6-7-8-9-10-11-12-13-14-15-16-20-30-43-33-28-26-32(27-29-33)37(39)42-35-25-21-24-34(40-35)41-36(38)31-22-18-17-19-23-31/h17-19,21-29H,2-16,20,30H2,1H3,(H4,38,39,40,41,42). The summed E-state index contributed by atoms with van der Waals surface area (Å²) in [5.74, 6) is 2.59. The van der Waals surface area contributed by atoms with E-state index in [9.17, 15) is 0 Å². The molecular weight excluding hydrogens is 530 g/mol. The summed E-state index contributed by atoms with van der Waals surface area (Å²) in [6.45, 7) is 3.03. The Bertz CT molecular complexity index is 1210. The van der Waals surface area contributed by atoms with Crippen molar-refractivity contribution in [3.63, 3.8) is 0 Å². The Labute approximate surface area is 260 Å². The van der Waals surface area contributed by atoms with Crippen LogP contribution in [-0.4, -0.2) is 23.3 Å². The van der Waals surface area contributed by atoms with Crippen molar-refractivity contribution in [2.45, 2.75) is 110 Å². The third kappa shape index (κ3) is 14.4. The highest BCUT2D eigenvalue weighted by atomic mass is 16.5. The first-order valence-electron chi connectivity index (χ1n) is 16.6. The highest BCUT2D eigenvalue weighted by Crippen LogP contribution is 2.19. The molecule has 43 heavy (non-hydrogen) atoms. The fourth-order valence-electron chi connectivity index (χ4n) is 5.08. The highest BCUT2D eigenvalue weighted by molar-refractivity contribution is 5.99. The van der Waals surface area contributed by atoms with Crippen LogP contribution >= 0.6 is 0 Å². The van der Waals surface area contributed by atoms with Crippen LogP contribution in [0.4, 0.5) is 11.6 Å². The number of unbranched alkanes of at least 4 members (excludes halogenated alkanes) is 15. The van der Waals surface area contributed by atoms with Crippen molar-refractivity contribution >= 4 is 23.3 Å². The lowest BCUT2D eigenvalue weighted by atomic mass is 10.0. The van der Waals surface area contributed by atoms with Crippen LogP contribution in [0.2, 0.25) is 0 Å². The third-order valence-corrected chi connectivity index (χ3v) is 7.68. The molecule has 6 heteroatoms. The summed E-state index contributed by atoms with van der Waals surface area (Å²) < 4.78 is 5.95. The van der Waals surface area contributed by atoms with E-state index in [0.29, 0.717) is 23.3 Å². The number of ether oxygens (including phenoxy) is 1. The normalized spacial score (nSPS) is 12.0. The van der Waals surface area contributed by atoms with Crippen LogP contribution in [0.1, 0.15) is 121 Å². The molecule has 3 aromatic rings. The molecule has 0 radical (unpaired) electrons. The number of nitrogens with zero attached hydrogens (tertiary/aromatic N) is 3. The number of aliphatic imine (C=N–C) groups is 2. The minimum atomic E-state index is 0.383. The van der Waals surface area contributed by atoms with Gasteiger partial charge in [0.25, 0.3) is 0 Å². The molecule has 0 unspecified atom stereocenters. The maximum atomic E-state index is 6.27. The largest absolute Gasteiger partial charge is 0.494 e. The van der Waals surface area contributed by atoms with Gasteiger partial charge in [-0.1, -0.05) is 140 Å².